The van der Waals surface area contributed by atoms with Gasteiger partial charge >= 0.3 is 0 Å². The fraction of sp³-hybridized carbons (Fsp3) is 0.643. The molecule has 17 heavy (non-hydrogen) atoms. The molecule has 0 amide bonds. The molecule has 0 aliphatic heterocycles. The molecule has 0 aliphatic carbocycles. The lowest BCUT2D eigenvalue weighted by Gasteiger charge is -2.33. The van der Waals surface area contributed by atoms with E-state index in [1.54, 1.807) is 6.20 Å². The maximum atomic E-state index is 6.16. The van der Waals surface area contributed by atoms with Crippen LogP contribution >= 0.6 is 0 Å². The fourth-order valence-corrected chi connectivity index (χ4v) is 1.59. The molecule has 0 fully saturated rings. The molecule has 1 heterocycles. The van der Waals surface area contributed by atoms with Gasteiger partial charge in [-0.05, 0) is 32.8 Å². The van der Waals surface area contributed by atoms with Crippen molar-refractivity contribution in [2.75, 3.05) is 0 Å². The van der Waals surface area contributed by atoms with Gasteiger partial charge in [-0.15, -0.1) is 0 Å². The van der Waals surface area contributed by atoms with E-state index in [9.17, 15) is 0 Å². The number of pyridine rings is 1. The van der Waals surface area contributed by atoms with Crippen molar-refractivity contribution >= 4 is 0 Å². The summed E-state index contributed by atoms with van der Waals surface area (Å²) in [7, 11) is 0. The average Bonchev–Trinajstić information content (AvgIpc) is 2.36. The van der Waals surface area contributed by atoms with Crippen molar-refractivity contribution < 1.29 is 4.74 Å². The van der Waals surface area contributed by atoms with Gasteiger partial charge in [-0.2, -0.15) is 0 Å². The Balaban J connectivity index is 2.89. The van der Waals surface area contributed by atoms with E-state index in [0.717, 1.165) is 18.4 Å². The number of nitrogens with two attached hydrogens (primary N) is 1. The molecule has 0 saturated heterocycles. The number of rotatable bonds is 6. The van der Waals surface area contributed by atoms with Gasteiger partial charge in [0.2, 0.25) is 0 Å². The minimum Gasteiger partial charge on any atom is -0.366 e. The highest BCUT2D eigenvalue weighted by Gasteiger charge is 2.27. The van der Waals surface area contributed by atoms with Crippen LogP contribution in [-0.4, -0.2) is 16.6 Å². The second kappa shape index (κ2) is 6.12. The van der Waals surface area contributed by atoms with Gasteiger partial charge < -0.3 is 10.5 Å². The smallest absolute Gasteiger partial charge is 0.0997 e. The highest BCUT2D eigenvalue weighted by atomic mass is 16.5. The lowest BCUT2D eigenvalue weighted by Crippen LogP contribution is -2.36. The van der Waals surface area contributed by atoms with Crippen LogP contribution in [0.3, 0.4) is 0 Å². The third-order valence-electron chi connectivity index (χ3n) is 3.17. The van der Waals surface area contributed by atoms with E-state index in [4.69, 9.17) is 10.5 Å². The van der Waals surface area contributed by atoms with Gasteiger partial charge in [0.15, 0.2) is 0 Å². The largest absolute Gasteiger partial charge is 0.366 e. The van der Waals surface area contributed by atoms with Crippen molar-refractivity contribution in [3.8, 4) is 0 Å². The molecule has 1 aromatic heterocycles. The minimum absolute atomic E-state index is 0.00465. The van der Waals surface area contributed by atoms with Crippen LogP contribution in [0, 0.1) is 0 Å². The van der Waals surface area contributed by atoms with E-state index in [1.807, 2.05) is 18.3 Å². The SMILES string of the molecule is CCC(N)C(OC(C)(C)CC)c1cccnc1. The molecular formula is C14H24N2O. The number of ether oxygens (including phenoxy) is 1. The van der Waals surface area contributed by atoms with E-state index >= 15 is 0 Å². The summed E-state index contributed by atoms with van der Waals surface area (Å²) in [5.41, 5.74) is 7.06. The molecule has 1 aromatic rings. The Labute approximate surface area is 104 Å². The second-order valence-corrected chi connectivity index (χ2v) is 5.01. The monoisotopic (exact) mass is 236 g/mol. The number of hydrogen-bond acceptors (Lipinski definition) is 3. The van der Waals surface area contributed by atoms with Crippen LogP contribution in [0.15, 0.2) is 24.5 Å². The van der Waals surface area contributed by atoms with Crippen molar-refractivity contribution in [2.45, 2.75) is 58.3 Å². The molecule has 0 saturated carbocycles. The Morgan fingerprint density at radius 1 is 1.41 bits per heavy atom. The third-order valence-corrected chi connectivity index (χ3v) is 3.17. The van der Waals surface area contributed by atoms with E-state index in [1.165, 1.54) is 0 Å². The maximum Gasteiger partial charge on any atom is 0.0997 e. The van der Waals surface area contributed by atoms with Gasteiger partial charge in [-0.25, -0.2) is 0 Å². The maximum absolute atomic E-state index is 6.16. The normalized spacial score (nSPS) is 15.6. The third kappa shape index (κ3) is 4.10. The summed E-state index contributed by atoms with van der Waals surface area (Å²) in [6.45, 7) is 8.39. The molecule has 0 spiro atoms. The van der Waals surface area contributed by atoms with Crippen LogP contribution in [0.5, 0.6) is 0 Å². The van der Waals surface area contributed by atoms with Crippen LogP contribution in [0.1, 0.15) is 52.2 Å². The molecule has 1 rings (SSSR count). The quantitative estimate of drug-likeness (QED) is 0.825. The van der Waals surface area contributed by atoms with E-state index in [2.05, 4.69) is 32.7 Å². The molecule has 3 nitrogen and oxygen atoms in total. The Morgan fingerprint density at radius 2 is 2.12 bits per heavy atom. The average molecular weight is 236 g/mol. The van der Waals surface area contributed by atoms with Gasteiger partial charge in [0, 0.05) is 24.0 Å². The lowest BCUT2D eigenvalue weighted by atomic mass is 9.99. The Bertz CT molecular complexity index is 324. The van der Waals surface area contributed by atoms with E-state index in [0.29, 0.717) is 0 Å². The van der Waals surface area contributed by atoms with Crippen molar-refractivity contribution in [1.29, 1.82) is 0 Å². The molecule has 2 unspecified atom stereocenters. The molecule has 3 heteroatoms. The fourth-order valence-electron chi connectivity index (χ4n) is 1.59. The molecule has 2 atom stereocenters. The van der Waals surface area contributed by atoms with Crippen LogP contribution in [0.25, 0.3) is 0 Å². The summed E-state index contributed by atoms with van der Waals surface area (Å²) < 4.78 is 6.16. The molecule has 0 bridgehead atoms. The Kier molecular flexibility index (Phi) is 5.09. The topological polar surface area (TPSA) is 48.1 Å². The van der Waals surface area contributed by atoms with Gasteiger partial charge in [-0.1, -0.05) is 19.9 Å². The Morgan fingerprint density at radius 3 is 2.59 bits per heavy atom. The first-order chi connectivity index (χ1) is 8.00. The molecular weight excluding hydrogens is 212 g/mol. The Hall–Kier alpha value is -0.930. The highest BCUT2D eigenvalue weighted by molar-refractivity contribution is 5.14. The van der Waals surface area contributed by atoms with Crippen LogP contribution < -0.4 is 5.73 Å². The van der Waals surface area contributed by atoms with E-state index < -0.39 is 0 Å². The van der Waals surface area contributed by atoms with Gasteiger partial charge in [0.05, 0.1) is 11.7 Å². The zero-order chi connectivity index (χ0) is 12.9. The number of nitrogens with zero attached hydrogens (tertiary/aromatic N) is 1. The van der Waals surface area contributed by atoms with Crippen molar-refractivity contribution in [1.82, 2.24) is 4.98 Å². The summed E-state index contributed by atoms with van der Waals surface area (Å²) >= 11 is 0. The molecule has 96 valence electrons. The van der Waals surface area contributed by atoms with E-state index in [-0.39, 0.29) is 17.7 Å². The molecule has 0 radical (unpaired) electrons. The zero-order valence-corrected chi connectivity index (χ0v) is 11.3. The summed E-state index contributed by atoms with van der Waals surface area (Å²) in [4.78, 5) is 4.14. The minimum atomic E-state index is -0.159. The summed E-state index contributed by atoms with van der Waals surface area (Å²) in [5, 5.41) is 0. The number of aromatic nitrogens is 1. The predicted molar refractivity (Wildman–Crippen MR) is 70.7 cm³/mol. The first-order valence-electron chi connectivity index (χ1n) is 6.33. The zero-order valence-electron chi connectivity index (χ0n) is 11.3. The van der Waals surface area contributed by atoms with Crippen LogP contribution in [-0.2, 0) is 4.74 Å². The molecule has 0 aliphatic rings. The molecule has 0 aromatic carbocycles. The van der Waals surface area contributed by atoms with Crippen molar-refractivity contribution in [3.05, 3.63) is 30.1 Å². The lowest BCUT2D eigenvalue weighted by molar-refractivity contribution is -0.0859. The summed E-state index contributed by atoms with van der Waals surface area (Å²) in [5.74, 6) is 0. The van der Waals surface area contributed by atoms with Crippen LogP contribution in [0.2, 0.25) is 0 Å². The van der Waals surface area contributed by atoms with Gasteiger partial charge in [0.25, 0.3) is 0 Å². The van der Waals surface area contributed by atoms with Crippen molar-refractivity contribution in [2.24, 2.45) is 5.73 Å². The summed E-state index contributed by atoms with van der Waals surface area (Å²) in [6.07, 6.45) is 5.37. The molecule has 2 N–H and O–H groups in total. The number of hydrogen-bond donors (Lipinski definition) is 1. The van der Waals surface area contributed by atoms with Crippen molar-refractivity contribution in [3.63, 3.8) is 0 Å². The second-order valence-electron chi connectivity index (χ2n) is 5.01. The van der Waals surface area contributed by atoms with Gasteiger partial charge in [0.1, 0.15) is 0 Å². The first-order valence-corrected chi connectivity index (χ1v) is 6.33. The predicted octanol–water partition coefficient (Wildman–Crippen LogP) is 3.07. The van der Waals surface area contributed by atoms with Crippen LogP contribution in [0.4, 0.5) is 0 Å². The standard InChI is InChI=1S/C14H24N2O/c1-5-12(15)13(17-14(3,4)6-2)11-8-7-9-16-10-11/h7-10,12-13H,5-6,15H2,1-4H3. The van der Waals surface area contributed by atoms with Gasteiger partial charge in [-0.3, -0.25) is 4.98 Å². The first kappa shape index (κ1) is 14.1. The highest BCUT2D eigenvalue weighted by Crippen LogP contribution is 2.28. The summed E-state index contributed by atoms with van der Waals surface area (Å²) in [6, 6.07) is 3.95.